The second-order valence-corrected chi connectivity index (χ2v) is 4.15. The monoisotopic (exact) mass is 307 g/mol. The topological polar surface area (TPSA) is 32.3 Å². The summed E-state index contributed by atoms with van der Waals surface area (Å²) >= 11 is 3.21. The van der Waals surface area contributed by atoms with E-state index in [-0.39, 0.29) is 0 Å². The Kier molecular flexibility index (Phi) is 5.00. The van der Waals surface area contributed by atoms with Crippen LogP contribution in [0.5, 0.6) is 0 Å². The molecule has 0 aliphatic rings. The summed E-state index contributed by atoms with van der Waals surface area (Å²) in [4.78, 5) is 0. The normalized spacial score (nSPS) is 12.8. The maximum absolute atomic E-state index is 12.4. The van der Waals surface area contributed by atoms with Crippen LogP contribution in [0.25, 0.3) is 0 Å². The summed E-state index contributed by atoms with van der Waals surface area (Å²) in [5.41, 5.74) is 1.98. The third-order valence-corrected chi connectivity index (χ3v) is 2.45. The van der Waals surface area contributed by atoms with Gasteiger partial charge >= 0.3 is 6.18 Å². The van der Waals surface area contributed by atoms with Gasteiger partial charge in [-0.3, -0.25) is 0 Å². The largest absolute Gasteiger partial charge is 0.403 e. The van der Waals surface area contributed by atoms with Crippen molar-refractivity contribution < 1.29 is 18.4 Å². The zero-order valence-corrected chi connectivity index (χ0v) is 10.1. The van der Waals surface area contributed by atoms with Crippen molar-refractivity contribution in [3.63, 3.8) is 0 Å². The Morgan fingerprint density at radius 2 is 1.88 bits per heavy atom. The van der Waals surface area contributed by atoms with E-state index < -0.39 is 18.6 Å². The lowest BCUT2D eigenvalue weighted by Gasteiger charge is -2.13. The minimum Gasteiger partial charge on any atom is -0.317 e. The summed E-state index contributed by atoms with van der Waals surface area (Å²) in [6.07, 6.45) is -4.46. The van der Waals surface area contributed by atoms with Gasteiger partial charge in [0, 0.05) is 16.6 Å². The molecule has 1 rings (SSSR count). The minimum absolute atomic E-state index is 0.486. The lowest BCUT2D eigenvalue weighted by atomic mass is 10.1. The van der Waals surface area contributed by atoms with E-state index in [1.54, 1.807) is 24.3 Å². The van der Waals surface area contributed by atoms with Crippen molar-refractivity contribution in [1.29, 1.82) is 0 Å². The fourth-order valence-corrected chi connectivity index (χ4v) is 1.31. The van der Waals surface area contributed by atoms with E-state index in [0.29, 0.717) is 5.56 Å². The van der Waals surface area contributed by atoms with Gasteiger partial charge in [0.1, 0.15) is 5.92 Å². The Balaban J connectivity index is 2.84. The number of alkyl halides is 3. The molecule has 0 spiro atoms. The van der Waals surface area contributed by atoms with E-state index in [1.165, 1.54) is 5.48 Å². The SMILES string of the molecule is ONCC(C#Cc1ccc(Br)cc1)C(F)(F)F. The van der Waals surface area contributed by atoms with Crippen molar-refractivity contribution in [1.82, 2.24) is 5.48 Å². The van der Waals surface area contributed by atoms with Crippen molar-refractivity contribution in [3.8, 4) is 11.8 Å². The Hall–Kier alpha value is -1.03. The molecule has 92 valence electrons. The van der Waals surface area contributed by atoms with Crippen molar-refractivity contribution in [2.75, 3.05) is 6.54 Å². The first-order valence-corrected chi connectivity index (χ1v) is 5.43. The predicted octanol–water partition coefficient (Wildman–Crippen LogP) is 2.96. The van der Waals surface area contributed by atoms with E-state index in [1.807, 2.05) is 0 Å². The second-order valence-electron chi connectivity index (χ2n) is 3.23. The van der Waals surface area contributed by atoms with Gasteiger partial charge in [0.15, 0.2) is 0 Å². The molecule has 0 aliphatic heterocycles. The van der Waals surface area contributed by atoms with Crippen LogP contribution in [-0.4, -0.2) is 17.9 Å². The predicted molar refractivity (Wildman–Crippen MR) is 60.4 cm³/mol. The van der Waals surface area contributed by atoms with Crippen LogP contribution in [0.2, 0.25) is 0 Å². The Bertz CT molecular complexity index is 419. The third-order valence-electron chi connectivity index (χ3n) is 1.93. The standard InChI is InChI=1S/C11H9BrF3NO/c12-10-5-2-8(3-6-10)1-4-9(7-16-17)11(13,14)15/h2-3,5-6,9,16-17H,7H2. The smallest absolute Gasteiger partial charge is 0.317 e. The average Bonchev–Trinajstić information content (AvgIpc) is 2.25. The highest BCUT2D eigenvalue weighted by Crippen LogP contribution is 2.25. The Morgan fingerprint density at radius 1 is 1.29 bits per heavy atom. The molecule has 17 heavy (non-hydrogen) atoms. The van der Waals surface area contributed by atoms with E-state index in [0.717, 1.165) is 4.47 Å². The van der Waals surface area contributed by atoms with Gasteiger partial charge in [-0.25, -0.2) is 5.48 Å². The van der Waals surface area contributed by atoms with Crippen LogP contribution in [0.4, 0.5) is 13.2 Å². The highest BCUT2D eigenvalue weighted by atomic mass is 79.9. The van der Waals surface area contributed by atoms with Gasteiger partial charge in [-0.2, -0.15) is 13.2 Å². The quantitative estimate of drug-likeness (QED) is 0.650. The molecule has 0 aliphatic carbocycles. The van der Waals surface area contributed by atoms with E-state index >= 15 is 0 Å². The first-order chi connectivity index (χ1) is 7.93. The van der Waals surface area contributed by atoms with Gasteiger partial charge in [-0.15, -0.1) is 0 Å². The Morgan fingerprint density at radius 3 is 2.35 bits per heavy atom. The first kappa shape index (κ1) is 14.0. The highest BCUT2D eigenvalue weighted by molar-refractivity contribution is 9.10. The molecule has 0 fully saturated rings. The Labute approximate surface area is 105 Å². The molecule has 0 heterocycles. The maximum Gasteiger partial charge on any atom is 0.403 e. The molecule has 0 aromatic heterocycles. The number of hydrogen-bond donors (Lipinski definition) is 2. The van der Waals surface area contributed by atoms with Crippen LogP contribution in [0.15, 0.2) is 28.7 Å². The van der Waals surface area contributed by atoms with Crippen LogP contribution in [0.1, 0.15) is 5.56 Å². The van der Waals surface area contributed by atoms with Crippen LogP contribution in [0, 0.1) is 17.8 Å². The number of halogens is 4. The van der Waals surface area contributed by atoms with Crippen molar-refractivity contribution in [2.45, 2.75) is 6.18 Å². The highest BCUT2D eigenvalue weighted by Gasteiger charge is 2.38. The number of hydroxylamine groups is 1. The van der Waals surface area contributed by atoms with E-state index in [2.05, 4.69) is 27.8 Å². The molecule has 0 radical (unpaired) electrons. The molecular formula is C11H9BrF3NO. The van der Waals surface area contributed by atoms with Gasteiger partial charge in [0.05, 0.1) is 0 Å². The zero-order valence-electron chi connectivity index (χ0n) is 8.55. The summed E-state index contributed by atoms with van der Waals surface area (Å²) in [6.45, 7) is -0.646. The number of rotatable bonds is 2. The van der Waals surface area contributed by atoms with Crippen molar-refractivity contribution >= 4 is 15.9 Å². The molecule has 1 aromatic carbocycles. The van der Waals surface area contributed by atoms with Crippen molar-refractivity contribution in [3.05, 3.63) is 34.3 Å². The van der Waals surface area contributed by atoms with Crippen LogP contribution < -0.4 is 5.48 Å². The molecule has 0 saturated heterocycles. The average molecular weight is 308 g/mol. The summed E-state index contributed by atoms with van der Waals surface area (Å²) < 4.78 is 38.1. The second kappa shape index (κ2) is 6.05. The first-order valence-electron chi connectivity index (χ1n) is 4.64. The van der Waals surface area contributed by atoms with Crippen LogP contribution in [-0.2, 0) is 0 Å². The van der Waals surface area contributed by atoms with E-state index in [4.69, 9.17) is 5.21 Å². The number of nitrogens with one attached hydrogen (secondary N) is 1. The van der Waals surface area contributed by atoms with Gasteiger partial charge in [-0.1, -0.05) is 27.8 Å². The van der Waals surface area contributed by atoms with Crippen LogP contribution >= 0.6 is 15.9 Å². The maximum atomic E-state index is 12.4. The van der Waals surface area contributed by atoms with Gasteiger partial charge in [-0.05, 0) is 24.3 Å². The summed E-state index contributed by atoms with van der Waals surface area (Å²) in [5.74, 6) is 2.61. The molecule has 1 aromatic rings. The lowest BCUT2D eigenvalue weighted by Crippen LogP contribution is -2.31. The lowest BCUT2D eigenvalue weighted by molar-refractivity contribution is -0.161. The molecular weight excluding hydrogens is 299 g/mol. The summed E-state index contributed by atoms with van der Waals surface area (Å²) in [7, 11) is 0. The number of benzene rings is 1. The minimum atomic E-state index is -4.46. The zero-order chi connectivity index (χ0) is 12.9. The van der Waals surface area contributed by atoms with Crippen LogP contribution in [0.3, 0.4) is 0 Å². The molecule has 0 amide bonds. The van der Waals surface area contributed by atoms with Gasteiger partial charge < -0.3 is 5.21 Å². The molecule has 0 bridgehead atoms. The number of hydrogen-bond acceptors (Lipinski definition) is 2. The summed E-state index contributed by atoms with van der Waals surface area (Å²) in [5, 5.41) is 8.31. The molecule has 0 saturated carbocycles. The molecule has 1 atom stereocenters. The van der Waals surface area contributed by atoms with Gasteiger partial charge in [0.2, 0.25) is 0 Å². The molecule has 2 N–H and O–H groups in total. The molecule has 6 heteroatoms. The molecule has 1 unspecified atom stereocenters. The third kappa shape index (κ3) is 4.77. The fourth-order valence-electron chi connectivity index (χ4n) is 1.04. The van der Waals surface area contributed by atoms with Crippen molar-refractivity contribution in [2.24, 2.45) is 5.92 Å². The fraction of sp³-hybridized carbons (Fsp3) is 0.273. The molecule has 2 nitrogen and oxygen atoms in total. The summed E-state index contributed by atoms with van der Waals surface area (Å²) in [6, 6.07) is 6.60. The van der Waals surface area contributed by atoms with Gasteiger partial charge in [0.25, 0.3) is 0 Å². The van der Waals surface area contributed by atoms with E-state index in [9.17, 15) is 13.2 Å².